The maximum Gasteiger partial charge on any atom is 0.244 e. The lowest BCUT2D eigenvalue weighted by atomic mass is 10.1. The number of rotatable bonds is 2. The van der Waals surface area contributed by atoms with E-state index in [4.69, 9.17) is 5.73 Å². The van der Waals surface area contributed by atoms with E-state index < -0.39 is 15.8 Å². The van der Waals surface area contributed by atoms with E-state index in [1.807, 2.05) is 0 Å². The smallest absolute Gasteiger partial charge is 0.244 e. The van der Waals surface area contributed by atoms with E-state index in [-0.39, 0.29) is 40.7 Å². The van der Waals surface area contributed by atoms with Crippen LogP contribution in [0.2, 0.25) is 0 Å². The lowest BCUT2D eigenvalue weighted by Crippen LogP contribution is -2.38. The molecule has 0 unspecified atom stereocenters. The Hall–Kier alpha value is -1.67. The van der Waals surface area contributed by atoms with Gasteiger partial charge in [-0.05, 0) is 37.5 Å². The number of halogens is 1. The molecule has 0 saturated carbocycles. The van der Waals surface area contributed by atoms with E-state index in [0.29, 0.717) is 13.0 Å². The Bertz CT molecular complexity index is 688. The van der Waals surface area contributed by atoms with Crippen molar-refractivity contribution in [2.24, 2.45) is 0 Å². The van der Waals surface area contributed by atoms with E-state index >= 15 is 0 Å². The van der Waals surface area contributed by atoms with E-state index in [2.05, 4.69) is 5.32 Å². The number of nitrogens with zero attached hydrogens (tertiary/aromatic N) is 1. The summed E-state index contributed by atoms with van der Waals surface area (Å²) >= 11 is 0. The molecule has 6 nitrogen and oxygen atoms in total. The van der Waals surface area contributed by atoms with Crippen molar-refractivity contribution in [1.29, 1.82) is 0 Å². The van der Waals surface area contributed by atoms with Crippen LogP contribution in [0.1, 0.15) is 17.5 Å². The Kier molecular flexibility index (Phi) is 4.20. The number of sulfonamides is 1. The number of hydrogen-bond donors (Lipinski definition) is 2. The molecule has 1 saturated heterocycles. The van der Waals surface area contributed by atoms with E-state index in [1.165, 1.54) is 13.8 Å². The monoisotopic (exact) mass is 315 g/mol. The molecule has 1 aliphatic rings. The summed E-state index contributed by atoms with van der Waals surface area (Å²) in [4.78, 5) is 11.5. The van der Waals surface area contributed by atoms with Gasteiger partial charge in [0.15, 0.2) is 0 Å². The van der Waals surface area contributed by atoms with E-state index in [0.717, 1.165) is 10.4 Å². The van der Waals surface area contributed by atoms with Gasteiger partial charge >= 0.3 is 0 Å². The molecule has 0 radical (unpaired) electrons. The Balaban J connectivity index is 2.54. The molecule has 0 atom stereocenters. The summed E-state index contributed by atoms with van der Waals surface area (Å²) in [5, 5.41) is 2.62. The van der Waals surface area contributed by atoms with Gasteiger partial charge in [0.2, 0.25) is 15.9 Å². The highest BCUT2D eigenvalue weighted by Crippen LogP contribution is 2.30. The van der Waals surface area contributed by atoms with Crippen LogP contribution < -0.4 is 11.1 Å². The fourth-order valence-electron chi connectivity index (χ4n) is 2.44. The van der Waals surface area contributed by atoms with Gasteiger partial charge in [0.05, 0.1) is 17.1 Å². The highest BCUT2D eigenvalue weighted by Gasteiger charge is 2.31. The second kappa shape index (κ2) is 5.61. The number of carbonyl (C=O) groups is 1. The molecule has 0 spiro atoms. The number of nitrogens with one attached hydrogen (secondary N) is 1. The number of hydrogen-bond acceptors (Lipinski definition) is 4. The summed E-state index contributed by atoms with van der Waals surface area (Å²) in [6, 6.07) is 1.10. The van der Waals surface area contributed by atoms with Crippen LogP contribution in [-0.2, 0) is 14.8 Å². The van der Waals surface area contributed by atoms with Crippen LogP contribution in [0, 0.1) is 19.7 Å². The van der Waals surface area contributed by atoms with Gasteiger partial charge < -0.3 is 11.1 Å². The number of aryl methyl sites for hydroxylation is 1. The molecule has 8 heteroatoms. The summed E-state index contributed by atoms with van der Waals surface area (Å²) < 4.78 is 40.2. The fraction of sp³-hybridized carbons (Fsp3) is 0.462. The predicted octanol–water partition coefficient (Wildman–Crippen LogP) is 0.535. The van der Waals surface area contributed by atoms with Crippen LogP contribution in [0.25, 0.3) is 0 Å². The van der Waals surface area contributed by atoms with Crippen LogP contribution >= 0.6 is 0 Å². The quantitative estimate of drug-likeness (QED) is 0.779. The second-order valence-corrected chi connectivity index (χ2v) is 6.96. The van der Waals surface area contributed by atoms with Gasteiger partial charge in [-0.25, -0.2) is 12.8 Å². The highest BCUT2D eigenvalue weighted by atomic mass is 32.2. The van der Waals surface area contributed by atoms with Gasteiger partial charge in [0, 0.05) is 13.1 Å². The van der Waals surface area contributed by atoms with Gasteiger partial charge in [-0.2, -0.15) is 4.31 Å². The van der Waals surface area contributed by atoms with Crippen LogP contribution in [0.15, 0.2) is 11.0 Å². The number of amides is 1. The molecule has 1 heterocycles. The summed E-state index contributed by atoms with van der Waals surface area (Å²) in [7, 11) is -3.89. The van der Waals surface area contributed by atoms with Crippen LogP contribution in [0.4, 0.5) is 10.1 Å². The first-order valence-electron chi connectivity index (χ1n) is 6.57. The highest BCUT2D eigenvalue weighted by molar-refractivity contribution is 7.89. The zero-order valence-electron chi connectivity index (χ0n) is 11.9. The molecule has 1 aliphatic heterocycles. The van der Waals surface area contributed by atoms with Gasteiger partial charge in [0.1, 0.15) is 5.82 Å². The van der Waals surface area contributed by atoms with Gasteiger partial charge in [0.25, 0.3) is 0 Å². The van der Waals surface area contributed by atoms with Gasteiger partial charge in [-0.1, -0.05) is 0 Å². The zero-order chi connectivity index (χ0) is 15.8. The number of nitrogens with two attached hydrogens (primary N) is 1. The average molecular weight is 315 g/mol. The number of carbonyl (C=O) groups excluding carboxylic acids is 1. The summed E-state index contributed by atoms with van der Waals surface area (Å²) in [6.45, 7) is 3.42. The van der Waals surface area contributed by atoms with Crippen molar-refractivity contribution in [3.05, 3.63) is 23.0 Å². The molecule has 21 heavy (non-hydrogen) atoms. The molecule has 2 rings (SSSR count). The molecule has 0 bridgehead atoms. The molecule has 1 amide bonds. The van der Waals surface area contributed by atoms with Gasteiger partial charge in [-0.15, -0.1) is 0 Å². The molecule has 116 valence electrons. The third-order valence-electron chi connectivity index (χ3n) is 3.53. The van der Waals surface area contributed by atoms with E-state index in [9.17, 15) is 17.6 Å². The summed E-state index contributed by atoms with van der Waals surface area (Å²) in [5.74, 6) is -0.987. The minimum Gasteiger partial charge on any atom is -0.396 e. The maximum atomic E-state index is 13.6. The lowest BCUT2D eigenvalue weighted by molar-refractivity contribution is -0.120. The topological polar surface area (TPSA) is 92.5 Å². The predicted molar refractivity (Wildman–Crippen MR) is 76.7 cm³/mol. The van der Waals surface area contributed by atoms with Crippen molar-refractivity contribution >= 4 is 21.6 Å². The normalized spacial score (nSPS) is 17.4. The molecular weight excluding hydrogens is 297 g/mol. The van der Waals surface area contributed by atoms with Crippen molar-refractivity contribution in [3.63, 3.8) is 0 Å². The zero-order valence-corrected chi connectivity index (χ0v) is 12.8. The second-order valence-electron chi connectivity index (χ2n) is 5.09. The maximum absolute atomic E-state index is 13.6. The Morgan fingerprint density at radius 2 is 2.05 bits per heavy atom. The molecule has 0 aromatic heterocycles. The SMILES string of the molecule is Cc1cc(F)c(N)c(C)c1S(=O)(=O)N1CCCNC(=O)C1. The van der Waals surface area contributed by atoms with Crippen molar-refractivity contribution in [2.45, 2.75) is 25.2 Å². The van der Waals surface area contributed by atoms with Crippen molar-refractivity contribution in [2.75, 3.05) is 25.4 Å². The molecule has 1 fully saturated rings. The van der Waals surface area contributed by atoms with Crippen molar-refractivity contribution < 1.29 is 17.6 Å². The van der Waals surface area contributed by atoms with Crippen LogP contribution in [0.3, 0.4) is 0 Å². The molecule has 3 N–H and O–H groups in total. The third kappa shape index (κ3) is 2.86. The number of benzene rings is 1. The number of anilines is 1. The van der Waals surface area contributed by atoms with Crippen LogP contribution in [-0.4, -0.2) is 38.3 Å². The lowest BCUT2D eigenvalue weighted by Gasteiger charge is -2.22. The minimum absolute atomic E-state index is 0.0175. The minimum atomic E-state index is -3.89. The average Bonchev–Trinajstić information content (AvgIpc) is 2.61. The first-order chi connectivity index (χ1) is 9.75. The molecule has 1 aromatic rings. The standard InChI is InChI=1S/C13H18FN3O3S/c1-8-6-10(14)12(15)9(2)13(8)21(19,20)17-5-3-4-16-11(18)7-17/h6H,3-5,7,15H2,1-2H3,(H,16,18). The number of nitrogen functional groups attached to an aromatic ring is 1. The largest absolute Gasteiger partial charge is 0.396 e. The summed E-state index contributed by atoms with van der Waals surface area (Å²) in [6.07, 6.45) is 0.528. The first kappa shape index (κ1) is 15.7. The van der Waals surface area contributed by atoms with Crippen molar-refractivity contribution in [3.8, 4) is 0 Å². The van der Waals surface area contributed by atoms with Gasteiger partial charge in [-0.3, -0.25) is 4.79 Å². The Morgan fingerprint density at radius 1 is 1.38 bits per heavy atom. The first-order valence-corrected chi connectivity index (χ1v) is 8.01. The Morgan fingerprint density at radius 3 is 2.71 bits per heavy atom. The fourth-order valence-corrected chi connectivity index (χ4v) is 4.32. The molecule has 0 aliphatic carbocycles. The molecule has 1 aromatic carbocycles. The molecular formula is C13H18FN3O3S. The van der Waals surface area contributed by atoms with Crippen molar-refractivity contribution in [1.82, 2.24) is 9.62 Å². The summed E-state index contributed by atoms with van der Waals surface area (Å²) in [5.41, 5.74) is 5.88. The third-order valence-corrected chi connectivity index (χ3v) is 5.66. The van der Waals surface area contributed by atoms with Crippen LogP contribution in [0.5, 0.6) is 0 Å². The Labute approximate surface area is 123 Å². The van der Waals surface area contributed by atoms with E-state index in [1.54, 1.807) is 0 Å².